The Morgan fingerprint density at radius 2 is 2.29 bits per heavy atom. The van der Waals surface area contributed by atoms with Gasteiger partial charge in [-0.25, -0.2) is 0 Å². The maximum atomic E-state index is 10.9. The summed E-state index contributed by atoms with van der Waals surface area (Å²) in [5.74, 6) is -0.189. The zero-order valence-corrected chi connectivity index (χ0v) is 10.5. The number of benzene rings is 1. The molecule has 92 valence electrons. The molecule has 1 atom stereocenters. The number of hydrogen-bond donors (Lipinski definition) is 1. The second-order valence-corrected chi connectivity index (χ2v) is 5.02. The summed E-state index contributed by atoms with van der Waals surface area (Å²) in [6.45, 7) is 2.11. The van der Waals surface area contributed by atoms with E-state index in [-0.39, 0.29) is 12.6 Å². The van der Waals surface area contributed by atoms with Crippen molar-refractivity contribution in [1.82, 2.24) is 0 Å². The van der Waals surface area contributed by atoms with Crippen LogP contribution >= 0.6 is 11.6 Å². The van der Waals surface area contributed by atoms with Crippen molar-refractivity contribution < 1.29 is 9.90 Å². The molecule has 17 heavy (non-hydrogen) atoms. The number of nitrogens with zero attached hydrogens (tertiary/aromatic N) is 1. The quantitative estimate of drug-likeness (QED) is 0.877. The summed E-state index contributed by atoms with van der Waals surface area (Å²) < 4.78 is 0. The smallest absolute Gasteiger partial charge is 0.323 e. The molecule has 0 radical (unpaired) electrons. The molecule has 0 bridgehead atoms. The van der Waals surface area contributed by atoms with Crippen LogP contribution in [0, 0.1) is 5.92 Å². The first-order valence-electron chi connectivity index (χ1n) is 5.82. The fraction of sp³-hybridized carbons (Fsp3) is 0.462. The lowest BCUT2D eigenvalue weighted by Crippen LogP contribution is -2.38. The highest BCUT2D eigenvalue weighted by Crippen LogP contribution is 2.37. The Kier molecular flexibility index (Phi) is 3.57. The van der Waals surface area contributed by atoms with Gasteiger partial charge in [-0.2, -0.15) is 0 Å². The van der Waals surface area contributed by atoms with Crippen molar-refractivity contribution in [2.45, 2.75) is 25.8 Å². The number of aliphatic carboxylic acids is 1. The number of carbonyl (C=O) groups is 1. The average molecular weight is 254 g/mol. The molecule has 1 aliphatic rings. The standard InChI is InChI=1S/C13H16ClNO2/c1-9(10-5-6-10)15(8-13(16)17)12-4-2-3-11(14)7-12/h2-4,7,9-10H,5-6,8H2,1H3,(H,16,17). The molecule has 0 saturated heterocycles. The van der Waals surface area contributed by atoms with Crippen molar-refractivity contribution in [3.63, 3.8) is 0 Å². The second kappa shape index (κ2) is 4.96. The third-order valence-corrected chi connectivity index (χ3v) is 3.48. The van der Waals surface area contributed by atoms with Crippen LogP contribution < -0.4 is 4.90 Å². The van der Waals surface area contributed by atoms with Crippen LogP contribution in [0.3, 0.4) is 0 Å². The van der Waals surface area contributed by atoms with E-state index in [0.717, 1.165) is 5.69 Å². The maximum Gasteiger partial charge on any atom is 0.323 e. The van der Waals surface area contributed by atoms with Gasteiger partial charge in [0.15, 0.2) is 0 Å². The molecule has 1 unspecified atom stereocenters. The van der Waals surface area contributed by atoms with E-state index in [4.69, 9.17) is 16.7 Å². The molecule has 1 fully saturated rings. The Hall–Kier alpha value is -1.22. The van der Waals surface area contributed by atoms with Crippen LogP contribution in [0.5, 0.6) is 0 Å². The Balaban J connectivity index is 2.21. The summed E-state index contributed by atoms with van der Waals surface area (Å²) in [6.07, 6.45) is 2.38. The molecule has 1 N–H and O–H groups in total. The lowest BCUT2D eigenvalue weighted by atomic mass is 10.1. The van der Waals surface area contributed by atoms with Gasteiger partial charge in [0.1, 0.15) is 6.54 Å². The zero-order chi connectivity index (χ0) is 12.4. The van der Waals surface area contributed by atoms with Gasteiger partial charge in [0, 0.05) is 16.8 Å². The zero-order valence-electron chi connectivity index (χ0n) is 9.77. The highest BCUT2D eigenvalue weighted by Gasteiger charge is 2.33. The minimum atomic E-state index is -0.808. The molecule has 1 aliphatic carbocycles. The van der Waals surface area contributed by atoms with E-state index in [2.05, 4.69) is 6.92 Å². The summed E-state index contributed by atoms with van der Waals surface area (Å²) in [5.41, 5.74) is 0.888. The largest absolute Gasteiger partial charge is 0.480 e. The number of carboxylic acid groups (broad SMARTS) is 1. The molecule has 3 nitrogen and oxygen atoms in total. The first-order chi connectivity index (χ1) is 8.08. The van der Waals surface area contributed by atoms with E-state index in [1.54, 1.807) is 6.07 Å². The van der Waals surface area contributed by atoms with Crippen LogP contribution in [0.15, 0.2) is 24.3 Å². The third kappa shape index (κ3) is 3.13. The minimum absolute atomic E-state index is 0.0258. The summed E-state index contributed by atoms with van der Waals surface area (Å²) >= 11 is 5.95. The van der Waals surface area contributed by atoms with E-state index >= 15 is 0 Å². The van der Waals surface area contributed by atoms with Gasteiger partial charge in [-0.15, -0.1) is 0 Å². The summed E-state index contributed by atoms with van der Waals surface area (Å²) in [6, 6.07) is 7.64. The van der Waals surface area contributed by atoms with Crippen LogP contribution in [0.1, 0.15) is 19.8 Å². The van der Waals surface area contributed by atoms with Crippen molar-refractivity contribution in [3.05, 3.63) is 29.3 Å². The molecule has 1 aromatic carbocycles. The van der Waals surface area contributed by atoms with E-state index in [1.165, 1.54) is 12.8 Å². The van der Waals surface area contributed by atoms with E-state index in [9.17, 15) is 4.79 Å². The van der Waals surface area contributed by atoms with Gasteiger partial charge in [-0.3, -0.25) is 4.79 Å². The van der Waals surface area contributed by atoms with Crippen molar-refractivity contribution in [2.24, 2.45) is 5.92 Å². The van der Waals surface area contributed by atoms with E-state index in [1.807, 2.05) is 23.1 Å². The van der Waals surface area contributed by atoms with Crippen LogP contribution in [0.4, 0.5) is 5.69 Å². The average Bonchev–Trinajstić information content (AvgIpc) is 3.08. The second-order valence-electron chi connectivity index (χ2n) is 4.58. The van der Waals surface area contributed by atoms with Crippen molar-refractivity contribution in [3.8, 4) is 0 Å². The number of anilines is 1. The molecule has 0 heterocycles. The normalized spacial score (nSPS) is 16.6. The maximum absolute atomic E-state index is 10.9. The van der Waals surface area contributed by atoms with Crippen LogP contribution in [0.2, 0.25) is 5.02 Å². The van der Waals surface area contributed by atoms with Gasteiger partial charge < -0.3 is 10.0 Å². The minimum Gasteiger partial charge on any atom is -0.480 e. The van der Waals surface area contributed by atoms with E-state index < -0.39 is 5.97 Å². The lowest BCUT2D eigenvalue weighted by Gasteiger charge is -2.30. The predicted octanol–water partition coefficient (Wildman–Crippen LogP) is 3.03. The molecular formula is C13H16ClNO2. The van der Waals surface area contributed by atoms with Crippen molar-refractivity contribution in [1.29, 1.82) is 0 Å². The van der Waals surface area contributed by atoms with Crippen molar-refractivity contribution in [2.75, 3.05) is 11.4 Å². The monoisotopic (exact) mass is 253 g/mol. The number of hydrogen-bond acceptors (Lipinski definition) is 2. The Morgan fingerprint density at radius 3 is 2.82 bits per heavy atom. The fourth-order valence-corrected chi connectivity index (χ4v) is 2.29. The Labute approximate surface area is 106 Å². The van der Waals surface area contributed by atoms with Gasteiger partial charge in [0.25, 0.3) is 0 Å². The highest BCUT2D eigenvalue weighted by atomic mass is 35.5. The molecule has 1 aromatic rings. The molecule has 1 saturated carbocycles. The summed E-state index contributed by atoms with van der Waals surface area (Å²) in [4.78, 5) is 12.9. The van der Waals surface area contributed by atoms with E-state index in [0.29, 0.717) is 10.9 Å². The van der Waals surface area contributed by atoms with Crippen LogP contribution in [0.25, 0.3) is 0 Å². The Bertz CT molecular complexity index is 418. The van der Waals surface area contributed by atoms with Crippen molar-refractivity contribution >= 4 is 23.3 Å². The topological polar surface area (TPSA) is 40.5 Å². The van der Waals surface area contributed by atoms with Gasteiger partial charge >= 0.3 is 5.97 Å². The molecule has 0 spiro atoms. The third-order valence-electron chi connectivity index (χ3n) is 3.24. The summed E-state index contributed by atoms with van der Waals surface area (Å²) in [5, 5.41) is 9.63. The molecule has 0 aromatic heterocycles. The van der Waals surface area contributed by atoms with Crippen LogP contribution in [-0.4, -0.2) is 23.7 Å². The first-order valence-corrected chi connectivity index (χ1v) is 6.19. The SMILES string of the molecule is CC(C1CC1)N(CC(=O)O)c1cccc(Cl)c1. The highest BCUT2D eigenvalue weighted by molar-refractivity contribution is 6.30. The molecule has 0 amide bonds. The Morgan fingerprint density at radius 1 is 1.59 bits per heavy atom. The molecule has 0 aliphatic heterocycles. The van der Waals surface area contributed by atoms with Gasteiger partial charge in [-0.1, -0.05) is 17.7 Å². The lowest BCUT2D eigenvalue weighted by molar-refractivity contribution is -0.135. The predicted molar refractivity (Wildman–Crippen MR) is 68.6 cm³/mol. The van der Waals surface area contributed by atoms with Gasteiger partial charge in [0.05, 0.1) is 0 Å². The van der Waals surface area contributed by atoms with Gasteiger partial charge in [0.2, 0.25) is 0 Å². The molecule has 2 rings (SSSR count). The number of rotatable bonds is 5. The van der Waals surface area contributed by atoms with Gasteiger partial charge in [-0.05, 0) is 43.9 Å². The summed E-state index contributed by atoms with van der Waals surface area (Å²) in [7, 11) is 0. The molecular weight excluding hydrogens is 238 g/mol. The number of carboxylic acids is 1. The van der Waals surface area contributed by atoms with Crippen LogP contribution in [-0.2, 0) is 4.79 Å². The number of halogens is 1. The molecule has 4 heteroatoms. The fourth-order valence-electron chi connectivity index (χ4n) is 2.10. The first kappa shape index (κ1) is 12.2.